The molecule has 31 heavy (non-hydrogen) atoms. The maximum Gasteiger partial charge on any atom is 0.295 e. The lowest BCUT2D eigenvalue weighted by Crippen LogP contribution is -2.24. The van der Waals surface area contributed by atoms with E-state index in [4.69, 9.17) is 0 Å². The van der Waals surface area contributed by atoms with Crippen LogP contribution in [0.3, 0.4) is 0 Å². The van der Waals surface area contributed by atoms with Crippen LogP contribution in [-0.4, -0.2) is 21.1 Å². The number of ketones is 1. The Morgan fingerprint density at radius 1 is 0.774 bits per heavy atom. The Morgan fingerprint density at radius 3 is 1.97 bits per heavy atom. The third-order valence-corrected chi connectivity index (χ3v) is 5.25. The first-order chi connectivity index (χ1) is 15.0. The summed E-state index contributed by atoms with van der Waals surface area (Å²) < 4.78 is 3.18. The zero-order valence-corrected chi connectivity index (χ0v) is 17.2. The molecule has 0 atom stereocenters. The average molecular weight is 411 g/mol. The van der Waals surface area contributed by atoms with Gasteiger partial charge in [-0.05, 0) is 25.1 Å². The van der Waals surface area contributed by atoms with E-state index in [1.54, 1.807) is 67.2 Å². The fourth-order valence-electron chi connectivity index (χ4n) is 3.52. The third-order valence-electron chi connectivity index (χ3n) is 5.25. The SMILES string of the molecule is Cc1c(NC(=O)c2ccccc2C(=O)c2ccccc2)c(=O)n(-c2ccccc2)n1C. The second-order valence-corrected chi connectivity index (χ2v) is 7.13. The summed E-state index contributed by atoms with van der Waals surface area (Å²) in [5.41, 5.74) is 2.12. The minimum Gasteiger partial charge on any atom is -0.316 e. The van der Waals surface area contributed by atoms with Crippen LogP contribution in [0.25, 0.3) is 5.69 Å². The van der Waals surface area contributed by atoms with Crippen LogP contribution in [0.4, 0.5) is 5.69 Å². The van der Waals surface area contributed by atoms with Crippen LogP contribution in [0.2, 0.25) is 0 Å². The molecule has 4 aromatic rings. The molecule has 0 fully saturated rings. The van der Waals surface area contributed by atoms with Gasteiger partial charge in [-0.15, -0.1) is 0 Å². The molecule has 0 spiro atoms. The van der Waals surface area contributed by atoms with Gasteiger partial charge in [-0.2, -0.15) is 0 Å². The highest BCUT2D eigenvalue weighted by molar-refractivity contribution is 6.17. The highest BCUT2D eigenvalue weighted by atomic mass is 16.2. The van der Waals surface area contributed by atoms with Gasteiger partial charge in [0.1, 0.15) is 5.69 Å². The molecule has 0 saturated heterocycles. The molecule has 6 nitrogen and oxygen atoms in total. The van der Waals surface area contributed by atoms with Crippen molar-refractivity contribution in [3.8, 4) is 5.69 Å². The molecular weight excluding hydrogens is 390 g/mol. The van der Waals surface area contributed by atoms with Crippen molar-refractivity contribution in [2.45, 2.75) is 6.92 Å². The number of nitrogens with one attached hydrogen (secondary N) is 1. The number of anilines is 1. The highest BCUT2D eigenvalue weighted by Crippen LogP contribution is 2.18. The first-order valence-corrected chi connectivity index (χ1v) is 9.83. The van der Waals surface area contributed by atoms with Crippen molar-refractivity contribution in [2.24, 2.45) is 7.05 Å². The fraction of sp³-hybridized carbons (Fsp3) is 0.0800. The number of rotatable bonds is 5. The maximum atomic E-state index is 13.1. The first-order valence-electron chi connectivity index (χ1n) is 9.83. The van der Waals surface area contributed by atoms with Gasteiger partial charge in [0.25, 0.3) is 11.5 Å². The van der Waals surface area contributed by atoms with E-state index in [9.17, 15) is 14.4 Å². The summed E-state index contributed by atoms with van der Waals surface area (Å²) in [6.07, 6.45) is 0. The molecule has 3 aromatic carbocycles. The van der Waals surface area contributed by atoms with Crippen molar-refractivity contribution >= 4 is 17.4 Å². The second-order valence-electron chi connectivity index (χ2n) is 7.13. The molecule has 0 unspecified atom stereocenters. The van der Waals surface area contributed by atoms with E-state index in [1.807, 2.05) is 36.4 Å². The Morgan fingerprint density at radius 2 is 1.32 bits per heavy atom. The molecule has 0 aliphatic carbocycles. The number of nitrogens with zero attached hydrogens (tertiary/aromatic N) is 2. The van der Waals surface area contributed by atoms with Crippen molar-refractivity contribution in [3.63, 3.8) is 0 Å². The van der Waals surface area contributed by atoms with E-state index in [0.29, 0.717) is 16.9 Å². The molecular formula is C25H21N3O3. The fourth-order valence-corrected chi connectivity index (χ4v) is 3.52. The lowest BCUT2D eigenvalue weighted by molar-refractivity contribution is 0.0996. The molecule has 6 heteroatoms. The Balaban J connectivity index is 1.71. The van der Waals surface area contributed by atoms with E-state index in [1.165, 1.54) is 4.68 Å². The second kappa shape index (κ2) is 8.28. The standard InChI is InChI=1S/C25H21N3O3/c1-17-22(25(31)28(27(17)2)19-13-7-4-8-14-19)26-24(30)21-16-10-9-15-20(21)23(29)18-11-5-3-6-12-18/h3-16H,1-2H3,(H,26,30). The van der Waals surface area contributed by atoms with Crippen LogP contribution in [0, 0.1) is 6.92 Å². The smallest absolute Gasteiger partial charge is 0.295 e. The normalized spacial score (nSPS) is 10.6. The van der Waals surface area contributed by atoms with E-state index < -0.39 is 5.91 Å². The summed E-state index contributed by atoms with van der Waals surface area (Å²) >= 11 is 0. The number of carbonyl (C=O) groups excluding carboxylic acids is 2. The lowest BCUT2D eigenvalue weighted by atomic mass is 9.98. The van der Waals surface area contributed by atoms with Gasteiger partial charge in [-0.1, -0.05) is 66.7 Å². The van der Waals surface area contributed by atoms with Gasteiger partial charge in [0, 0.05) is 18.2 Å². The van der Waals surface area contributed by atoms with E-state index in [0.717, 1.165) is 0 Å². The van der Waals surface area contributed by atoms with Crippen molar-refractivity contribution in [1.82, 2.24) is 9.36 Å². The predicted octanol–water partition coefficient (Wildman–Crippen LogP) is 3.97. The number of hydrogen-bond donors (Lipinski definition) is 1. The zero-order valence-electron chi connectivity index (χ0n) is 17.2. The van der Waals surface area contributed by atoms with Crippen LogP contribution in [0.5, 0.6) is 0 Å². The molecule has 154 valence electrons. The van der Waals surface area contributed by atoms with Crippen molar-refractivity contribution in [3.05, 3.63) is 118 Å². The molecule has 1 amide bonds. The molecule has 0 aliphatic heterocycles. The molecule has 4 rings (SSSR count). The summed E-state index contributed by atoms with van der Waals surface area (Å²) in [4.78, 5) is 39.1. The summed E-state index contributed by atoms with van der Waals surface area (Å²) in [5, 5.41) is 2.73. The molecule has 0 bridgehead atoms. The van der Waals surface area contributed by atoms with Crippen LogP contribution >= 0.6 is 0 Å². The summed E-state index contributed by atoms with van der Waals surface area (Å²) in [6, 6.07) is 24.6. The zero-order chi connectivity index (χ0) is 22.0. The Hall–Kier alpha value is -4.19. The van der Waals surface area contributed by atoms with Gasteiger partial charge in [0.05, 0.1) is 16.9 Å². The van der Waals surface area contributed by atoms with Gasteiger partial charge in [0.15, 0.2) is 5.78 Å². The minimum absolute atomic E-state index is 0.179. The Kier molecular flexibility index (Phi) is 5.37. The summed E-state index contributed by atoms with van der Waals surface area (Å²) in [7, 11) is 1.76. The van der Waals surface area contributed by atoms with Gasteiger partial charge < -0.3 is 5.32 Å². The van der Waals surface area contributed by atoms with Gasteiger partial charge in [-0.25, -0.2) is 4.68 Å². The lowest BCUT2D eigenvalue weighted by Gasteiger charge is -2.09. The predicted molar refractivity (Wildman–Crippen MR) is 120 cm³/mol. The van der Waals surface area contributed by atoms with E-state index in [2.05, 4.69) is 5.32 Å². The number of para-hydroxylation sites is 1. The molecule has 0 aliphatic rings. The number of hydrogen-bond acceptors (Lipinski definition) is 3. The van der Waals surface area contributed by atoms with E-state index in [-0.39, 0.29) is 28.2 Å². The average Bonchev–Trinajstić information content (AvgIpc) is 3.02. The Bertz CT molecular complexity index is 1320. The molecule has 0 saturated carbocycles. The Labute approximate surface area is 179 Å². The summed E-state index contributed by atoms with van der Waals surface area (Å²) in [5.74, 6) is -0.760. The number of benzene rings is 3. The van der Waals surface area contributed by atoms with Crippen LogP contribution in [0.1, 0.15) is 32.0 Å². The van der Waals surface area contributed by atoms with Crippen LogP contribution < -0.4 is 10.9 Å². The van der Waals surface area contributed by atoms with Crippen molar-refractivity contribution in [1.29, 1.82) is 0 Å². The molecule has 1 N–H and O–H groups in total. The number of amides is 1. The van der Waals surface area contributed by atoms with Crippen molar-refractivity contribution < 1.29 is 9.59 Å². The number of carbonyl (C=O) groups is 2. The maximum absolute atomic E-state index is 13.1. The third kappa shape index (κ3) is 3.71. The van der Waals surface area contributed by atoms with Gasteiger partial charge >= 0.3 is 0 Å². The van der Waals surface area contributed by atoms with Crippen LogP contribution in [0.15, 0.2) is 89.7 Å². The highest BCUT2D eigenvalue weighted by Gasteiger charge is 2.22. The van der Waals surface area contributed by atoms with Gasteiger partial charge in [-0.3, -0.25) is 19.1 Å². The monoisotopic (exact) mass is 411 g/mol. The summed E-state index contributed by atoms with van der Waals surface area (Å²) in [6.45, 7) is 1.76. The largest absolute Gasteiger partial charge is 0.316 e. The van der Waals surface area contributed by atoms with Crippen LogP contribution in [-0.2, 0) is 7.05 Å². The minimum atomic E-state index is -0.508. The molecule has 1 aromatic heterocycles. The van der Waals surface area contributed by atoms with E-state index >= 15 is 0 Å². The quantitative estimate of drug-likeness (QED) is 0.505. The topological polar surface area (TPSA) is 73.1 Å². The first kappa shape index (κ1) is 20.1. The molecule has 0 radical (unpaired) electrons. The van der Waals surface area contributed by atoms with Crippen molar-refractivity contribution in [2.75, 3.05) is 5.32 Å². The van der Waals surface area contributed by atoms with Gasteiger partial charge in [0.2, 0.25) is 0 Å². The number of aromatic nitrogens is 2. The molecule has 1 heterocycles.